The van der Waals surface area contributed by atoms with E-state index < -0.39 is 23.2 Å². The number of carbonyl (C=O) groups is 1. The number of carbonyl (C=O) groups excluding carboxylic acids is 1. The van der Waals surface area contributed by atoms with Gasteiger partial charge in [-0.3, -0.25) is 0 Å². The van der Waals surface area contributed by atoms with Gasteiger partial charge < -0.3 is 14.2 Å². The summed E-state index contributed by atoms with van der Waals surface area (Å²) in [6.45, 7) is 5.44. The van der Waals surface area contributed by atoms with Crippen molar-refractivity contribution in [3.63, 3.8) is 0 Å². The molecule has 246 valence electrons. The minimum absolute atomic E-state index is 0.185. The molecule has 0 radical (unpaired) electrons. The molecule has 2 aromatic rings. The van der Waals surface area contributed by atoms with Crippen LogP contribution in [0.5, 0.6) is 17.2 Å². The van der Waals surface area contributed by atoms with Gasteiger partial charge in [-0.15, -0.1) is 0 Å². The molecule has 2 unspecified atom stereocenters. The lowest BCUT2D eigenvalue weighted by Crippen LogP contribution is -2.20. The highest BCUT2D eigenvalue weighted by Gasteiger charge is 2.24. The zero-order chi connectivity index (χ0) is 31.4. The standard InChI is InChI=1S/C38H56F2O4/c1-3-5-7-8-9-10-11-12-16-28-43-35-27-26-34(36(39)37(35)40)38(41)44-33-24-22-32(23-25-33)42-29-17-21-31-20-15-14-19-30(31)18-13-6-4-2/h22-27,30-31H,3-21,28-29H2,1-2H3. The molecule has 2 aromatic carbocycles. The summed E-state index contributed by atoms with van der Waals surface area (Å²) in [6, 6.07) is 9.18. The maximum absolute atomic E-state index is 14.7. The Morgan fingerprint density at radius 1 is 0.636 bits per heavy atom. The number of halogens is 2. The monoisotopic (exact) mass is 614 g/mol. The lowest BCUT2D eigenvalue weighted by molar-refractivity contribution is 0.0728. The summed E-state index contributed by atoms with van der Waals surface area (Å²) in [6.07, 6.45) is 23.5. The zero-order valence-electron chi connectivity index (χ0n) is 27.4. The topological polar surface area (TPSA) is 44.8 Å². The molecule has 2 atom stereocenters. The quantitative estimate of drug-likeness (QED) is 0.0752. The maximum Gasteiger partial charge on any atom is 0.346 e. The van der Waals surface area contributed by atoms with Crippen molar-refractivity contribution in [1.29, 1.82) is 0 Å². The molecule has 0 heterocycles. The third-order valence-corrected chi connectivity index (χ3v) is 9.04. The van der Waals surface area contributed by atoms with Gasteiger partial charge >= 0.3 is 5.97 Å². The molecule has 6 heteroatoms. The van der Waals surface area contributed by atoms with Gasteiger partial charge in [-0.25, -0.2) is 9.18 Å². The van der Waals surface area contributed by atoms with Crippen molar-refractivity contribution in [2.45, 2.75) is 136 Å². The van der Waals surface area contributed by atoms with Gasteiger partial charge in [-0.05, 0) is 67.5 Å². The van der Waals surface area contributed by atoms with E-state index in [0.717, 1.165) is 37.5 Å². The Balaban J connectivity index is 1.36. The number of benzene rings is 2. The van der Waals surface area contributed by atoms with Crippen LogP contribution in [0, 0.1) is 23.5 Å². The third kappa shape index (κ3) is 12.8. The molecule has 4 nitrogen and oxygen atoms in total. The van der Waals surface area contributed by atoms with E-state index in [9.17, 15) is 13.6 Å². The van der Waals surface area contributed by atoms with Crippen molar-refractivity contribution in [3.05, 3.63) is 53.6 Å². The predicted molar refractivity (Wildman–Crippen MR) is 175 cm³/mol. The number of unbranched alkanes of at least 4 members (excludes halogenated alkanes) is 10. The highest BCUT2D eigenvalue weighted by atomic mass is 19.2. The molecule has 1 aliphatic rings. The van der Waals surface area contributed by atoms with Gasteiger partial charge in [-0.2, -0.15) is 4.39 Å². The van der Waals surface area contributed by atoms with Gasteiger partial charge in [0, 0.05) is 0 Å². The average Bonchev–Trinajstić information content (AvgIpc) is 3.03. The molecule has 44 heavy (non-hydrogen) atoms. The molecule has 1 aliphatic carbocycles. The normalized spacial score (nSPS) is 16.5. The lowest BCUT2D eigenvalue weighted by Gasteiger charge is -2.31. The fourth-order valence-electron chi connectivity index (χ4n) is 6.40. The van der Waals surface area contributed by atoms with E-state index in [1.807, 2.05) is 0 Å². The van der Waals surface area contributed by atoms with Gasteiger partial charge in [0.15, 0.2) is 11.6 Å². The van der Waals surface area contributed by atoms with E-state index in [4.69, 9.17) is 14.2 Å². The molecule has 0 N–H and O–H groups in total. The fourth-order valence-corrected chi connectivity index (χ4v) is 6.40. The van der Waals surface area contributed by atoms with Gasteiger partial charge in [0.1, 0.15) is 11.5 Å². The number of ether oxygens (including phenoxy) is 3. The summed E-state index contributed by atoms with van der Waals surface area (Å²) in [5.74, 6) is -0.946. The first-order valence-electron chi connectivity index (χ1n) is 17.6. The second-order valence-corrected chi connectivity index (χ2v) is 12.6. The summed E-state index contributed by atoms with van der Waals surface area (Å²) in [7, 11) is 0. The summed E-state index contributed by atoms with van der Waals surface area (Å²) >= 11 is 0. The third-order valence-electron chi connectivity index (χ3n) is 9.04. The van der Waals surface area contributed by atoms with Crippen LogP contribution in [0.15, 0.2) is 36.4 Å². The Bertz CT molecular complexity index is 1070. The fraction of sp³-hybridized carbons (Fsp3) is 0.658. The van der Waals surface area contributed by atoms with Gasteiger partial charge in [0.2, 0.25) is 5.82 Å². The van der Waals surface area contributed by atoms with E-state index in [-0.39, 0.29) is 11.5 Å². The Kier molecular flexibility index (Phi) is 17.2. The van der Waals surface area contributed by atoms with Crippen LogP contribution in [0.25, 0.3) is 0 Å². The Labute approximate surface area is 265 Å². The summed E-state index contributed by atoms with van der Waals surface area (Å²) in [4.78, 5) is 12.6. The predicted octanol–water partition coefficient (Wildman–Crippen LogP) is 11.6. The van der Waals surface area contributed by atoms with Crippen LogP contribution in [0.1, 0.15) is 146 Å². The molecule has 0 aliphatic heterocycles. The van der Waals surface area contributed by atoms with Crippen molar-refractivity contribution in [2.75, 3.05) is 13.2 Å². The number of rotatable bonds is 22. The first kappa shape index (κ1) is 35.8. The van der Waals surface area contributed by atoms with Crippen LogP contribution in [-0.4, -0.2) is 19.2 Å². The molecular formula is C38H56F2O4. The highest BCUT2D eigenvalue weighted by Crippen LogP contribution is 2.36. The molecule has 0 aromatic heterocycles. The largest absolute Gasteiger partial charge is 0.494 e. The second-order valence-electron chi connectivity index (χ2n) is 12.6. The molecular weight excluding hydrogens is 558 g/mol. The van der Waals surface area contributed by atoms with Gasteiger partial charge in [0.05, 0.1) is 18.8 Å². The van der Waals surface area contributed by atoms with E-state index in [1.54, 1.807) is 24.3 Å². The molecule has 0 spiro atoms. The van der Waals surface area contributed by atoms with Crippen LogP contribution in [-0.2, 0) is 0 Å². The van der Waals surface area contributed by atoms with Crippen molar-refractivity contribution in [3.8, 4) is 17.2 Å². The van der Waals surface area contributed by atoms with E-state index in [2.05, 4.69) is 13.8 Å². The minimum Gasteiger partial charge on any atom is -0.494 e. The molecule has 0 amide bonds. The molecule has 0 bridgehead atoms. The van der Waals surface area contributed by atoms with E-state index in [1.165, 1.54) is 108 Å². The lowest BCUT2D eigenvalue weighted by atomic mass is 9.74. The van der Waals surface area contributed by atoms with Crippen LogP contribution >= 0.6 is 0 Å². The summed E-state index contributed by atoms with van der Waals surface area (Å²) in [5, 5.41) is 0. The second kappa shape index (κ2) is 21.2. The van der Waals surface area contributed by atoms with Crippen LogP contribution in [0.4, 0.5) is 8.78 Å². The van der Waals surface area contributed by atoms with Crippen LogP contribution in [0.2, 0.25) is 0 Å². The number of esters is 1. The molecule has 1 saturated carbocycles. The molecule has 3 rings (SSSR count). The minimum atomic E-state index is -1.26. The summed E-state index contributed by atoms with van der Waals surface area (Å²) < 4.78 is 46.1. The van der Waals surface area contributed by atoms with Crippen molar-refractivity contribution in [1.82, 2.24) is 0 Å². The number of hydrogen-bond donors (Lipinski definition) is 0. The van der Waals surface area contributed by atoms with Crippen LogP contribution in [0.3, 0.4) is 0 Å². The first-order valence-corrected chi connectivity index (χ1v) is 17.6. The molecule has 0 saturated heterocycles. The Morgan fingerprint density at radius 3 is 1.84 bits per heavy atom. The van der Waals surface area contributed by atoms with Gasteiger partial charge in [-0.1, -0.05) is 117 Å². The van der Waals surface area contributed by atoms with Crippen molar-refractivity contribution < 1.29 is 27.8 Å². The maximum atomic E-state index is 14.7. The van der Waals surface area contributed by atoms with E-state index in [0.29, 0.717) is 19.0 Å². The first-order chi connectivity index (χ1) is 21.5. The van der Waals surface area contributed by atoms with Crippen molar-refractivity contribution >= 4 is 5.97 Å². The Hall–Kier alpha value is -2.63. The van der Waals surface area contributed by atoms with E-state index >= 15 is 0 Å². The zero-order valence-corrected chi connectivity index (χ0v) is 27.4. The highest BCUT2D eigenvalue weighted by molar-refractivity contribution is 5.91. The van der Waals surface area contributed by atoms with Crippen LogP contribution < -0.4 is 14.2 Å². The number of hydrogen-bond acceptors (Lipinski definition) is 4. The summed E-state index contributed by atoms with van der Waals surface area (Å²) in [5.41, 5.74) is -0.464. The smallest absolute Gasteiger partial charge is 0.346 e. The average molecular weight is 615 g/mol. The van der Waals surface area contributed by atoms with Crippen molar-refractivity contribution in [2.24, 2.45) is 11.8 Å². The Morgan fingerprint density at radius 2 is 1.18 bits per heavy atom. The molecule has 1 fully saturated rings. The SMILES string of the molecule is CCCCCCCCCCCOc1ccc(C(=O)Oc2ccc(OCCCC3CCCCC3CCCCC)cc2)c(F)c1F. The van der Waals surface area contributed by atoms with Gasteiger partial charge in [0.25, 0.3) is 0 Å².